The zero-order valence-electron chi connectivity index (χ0n) is 43.5. The van der Waals surface area contributed by atoms with Crippen LogP contribution in [0.1, 0.15) is 0 Å². The lowest BCUT2D eigenvalue weighted by Gasteiger charge is -2.32. The van der Waals surface area contributed by atoms with Gasteiger partial charge in [-0.3, -0.25) is 0 Å². The van der Waals surface area contributed by atoms with E-state index in [-0.39, 0.29) is 0 Å². The molecule has 0 spiro atoms. The van der Waals surface area contributed by atoms with Gasteiger partial charge in [0.05, 0.1) is 0 Å². The number of hydrogen-bond donors (Lipinski definition) is 0. The van der Waals surface area contributed by atoms with Crippen molar-refractivity contribution < 1.29 is 0 Å². The highest BCUT2D eigenvalue weighted by molar-refractivity contribution is 6.76. The van der Waals surface area contributed by atoms with E-state index >= 15 is 0 Å². The fraction of sp³-hybridized carbons (Fsp3) is 0. The summed E-state index contributed by atoms with van der Waals surface area (Å²) in [5, 5.41) is 13.9. The molecule has 0 saturated carbocycles. The van der Waals surface area contributed by atoms with Crippen LogP contribution in [0, 0.1) is 0 Å². The van der Waals surface area contributed by atoms with Crippen molar-refractivity contribution in [3.05, 3.63) is 42.5 Å². The van der Waals surface area contributed by atoms with E-state index in [1.807, 2.05) is 0 Å². The summed E-state index contributed by atoms with van der Waals surface area (Å²) >= 11 is 0. The van der Waals surface area contributed by atoms with Gasteiger partial charge in [-0.25, -0.2) is 0 Å². The number of rotatable bonds is 3. The SMILES string of the molecule is Bc1c(B)c(-c2c3c(B)c(B)c(B)c(B)c3c(-c3ccc4ccccc4c3)c3c(B)c(B)c(B)c(B)c23)c(B)c(-c2c(B)c3c(B)c(B)c(B)c(B)c3c3c(B)c(B)c(B)c(B)c23)c1B. The van der Waals surface area contributed by atoms with Crippen LogP contribution in [-0.4, -0.2) is 165 Å². The average Bonchev–Trinajstić information content (AvgIpc) is 3.29. The third kappa shape index (κ3) is 6.14. The molecule has 0 aliphatic heterocycles. The van der Waals surface area contributed by atoms with Crippen LogP contribution < -0.4 is 115 Å². The monoisotopic (exact) mass is 809 g/mol. The van der Waals surface area contributed by atoms with E-state index in [1.165, 1.54) is 202 Å². The highest BCUT2D eigenvalue weighted by Gasteiger charge is 2.30. The molecule has 0 unspecified atom stereocenters. The van der Waals surface area contributed by atoms with Gasteiger partial charge in [0, 0.05) is 0 Å². The molecule has 0 bridgehead atoms. The van der Waals surface area contributed by atoms with E-state index in [1.54, 1.807) is 0 Å². The molecule has 0 aromatic heterocycles. The molecule has 9 aromatic carbocycles. The highest BCUT2D eigenvalue weighted by atomic mass is 14.3. The molecule has 0 aliphatic carbocycles. The molecule has 0 fully saturated rings. The Labute approximate surface area is 406 Å². The lowest BCUT2D eigenvalue weighted by atomic mass is 9.55. The van der Waals surface area contributed by atoms with Gasteiger partial charge < -0.3 is 0 Å². The van der Waals surface area contributed by atoms with E-state index in [0.29, 0.717) is 0 Å². The average molecular weight is 805 g/mol. The summed E-state index contributed by atoms with van der Waals surface area (Å²) in [6, 6.07) is 16.0. The van der Waals surface area contributed by atoms with Crippen LogP contribution >= 0.6 is 0 Å². The Bertz CT molecular complexity index is 3650. The van der Waals surface area contributed by atoms with Crippen LogP contribution in [0.4, 0.5) is 0 Å². The number of benzene rings is 9. The van der Waals surface area contributed by atoms with E-state index in [9.17, 15) is 0 Å². The topological polar surface area (TPSA) is 0 Å². The van der Waals surface area contributed by atoms with Crippen molar-refractivity contribution in [2.75, 3.05) is 0 Å². The van der Waals surface area contributed by atoms with Crippen molar-refractivity contribution in [3.63, 3.8) is 0 Å². The van der Waals surface area contributed by atoms with Crippen molar-refractivity contribution in [1.29, 1.82) is 0 Å². The molecule has 0 heterocycles. The maximum Gasteiger partial charge on any atom is 0.140 e. The summed E-state index contributed by atoms with van der Waals surface area (Å²) in [5.41, 5.74) is 37.6. The van der Waals surface area contributed by atoms with Crippen molar-refractivity contribution in [2.45, 2.75) is 0 Å². The molecule has 0 radical (unpaired) electrons. The van der Waals surface area contributed by atoms with E-state index in [4.69, 9.17) is 0 Å². The summed E-state index contributed by atoms with van der Waals surface area (Å²) in [7, 11) is 50.1. The minimum Gasteiger partial charge on any atom is -0.101 e. The summed E-state index contributed by atoms with van der Waals surface area (Å²) in [6.45, 7) is 0. The summed E-state index contributed by atoms with van der Waals surface area (Å²) in [6.07, 6.45) is 0. The van der Waals surface area contributed by atoms with Gasteiger partial charge in [-0.2, -0.15) is 0 Å². The van der Waals surface area contributed by atoms with Crippen LogP contribution in [0.25, 0.3) is 87.2 Å². The molecule has 65 heavy (non-hydrogen) atoms. The van der Waals surface area contributed by atoms with Gasteiger partial charge in [0.2, 0.25) is 0 Å². The van der Waals surface area contributed by atoms with Crippen LogP contribution in [0.5, 0.6) is 0 Å². The third-order valence-electron chi connectivity index (χ3n) is 18.2. The van der Waals surface area contributed by atoms with Crippen molar-refractivity contribution in [2.24, 2.45) is 0 Å². The smallest absolute Gasteiger partial charge is 0.101 e. The lowest BCUT2D eigenvalue weighted by molar-refractivity contribution is 1.73. The first-order valence-corrected chi connectivity index (χ1v) is 24.1. The summed E-state index contributed by atoms with van der Waals surface area (Å²) in [5.74, 6) is 0. The molecule has 9 rings (SSSR count). The molecule has 0 amide bonds. The zero-order chi connectivity index (χ0) is 47.3. The Kier molecular flexibility index (Phi) is 11.2. The van der Waals surface area contributed by atoms with E-state index in [0.717, 1.165) is 0 Å². The fourth-order valence-electron chi connectivity index (χ4n) is 12.8. The molecule has 0 nitrogen and oxygen atoms in total. The molecule has 288 valence electrons. The summed E-state index contributed by atoms with van der Waals surface area (Å²) in [4.78, 5) is 0. The molecule has 0 aliphatic rings. The molecule has 21 heteroatoms. The quantitative estimate of drug-likeness (QED) is 0.0948. The van der Waals surface area contributed by atoms with Gasteiger partial charge in [-0.1, -0.05) is 102 Å². The molecular weight excluding hydrogens is 756 g/mol. The standard InChI is InChI=1S/C44H49B21/c45-24-19(17-18(31(52)42(63)41(62)30(17)51)20-23(24)35(56)44(65)43(64)32(20)53)22-25(46)21(33(54)36(57)34(22)55)12-15-13(26(47)37(58)39(60)28(15)49)11(10-6-5-8-3-1-2-4-9(8)7-10)14-16(12)29(50)40(61)38(59)27(14)48/h1-7H,45-65H2. The van der Waals surface area contributed by atoms with Crippen LogP contribution in [0.3, 0.4) is 0 Å². The Balaban J connectivity index is 1.60. The first-order chi connectivity index (χ1) is 30.6. The van der Waals surface area contributed by atoms with Gasteiger partial charge in [0.15, 0.2) is 0 Å². The molecular formula is C44H49B21. The van der Waals surface area contributed by atoms with Crippen molar-refractivity contribution >= 4 is 333 Å². The van der Waals surface area contributed by atoms with E-state index in [2.05, 4.69) is 207 Å². The minimum atomic E-state index is 1.28. The zero-order valence-corrected chi connectivity index (χ0v) is 43.5. The Morgan fingerprint density at radius 3 is 0.923 bits per heavy atom. The number of fused-ring (bicyclic) bond motifs is 6. The summed E-state index contributed by atoms with van der Waals surface area (Å²) < 4.78 is 0. The van der Waals surface area contributed by atoms with Gasteiger partial charge >= 0.3 is 0 Å². The van der Waals surface area contributed by atoms with Crippen LogP contribution in [0.2, 0.25) is 0 Å². The maximum atomic E-state index is 2.47. The first kappa shape index (κ1) is 45.8. The van der Waals surface area contributed by atoms with E-state index < -0.39 is 0 Å². The molecule has 0 atom stereocenters. The van der Waals surface area contributed by atoms with Crippen LogP contribution in [0.15, 0.2) is 42.5 Å². The second kappa shape index (κ2) is 15.9. The fourth-order valence-corrected chi connectivity index (χ4v) is 12.8. The first-order valence-electron chi connectivity index (χ1n) is 24.1. The predicted octanol–water partition coefficient (Wildman–Crippen LogP) is -24.1. The molecule has 0 N–H and O–H groups in total. The highest BCUT2D eigenvalue weighted by Crippen LogP contribution is 2.41. The molecule has 0 saturated heterocycles. The van der Waals surface area contributed by atoms with Crippen molar-refractivity contribution in [3.8, 4) is 33.4 Å². The maximum absolute atomic E-state index is 2.47. The lowest BCUT2D eigenvalue weighted by Crippen LogP contribution is -2.52. The van der Waals surface area contributed by atoms with Gasteiger partial charge in [0.1, 0.15) is 165 Å². The normalized spacial score (nSPS) is 11.8. The predicted molar refractivity (Wildman–Crippen MR) is 362 cm³/mol. The second-order valence-corrected chi connectivity index (χ2v) is 20.6. The minimum absolute atomic E-state index is 1.28. The second-order valence-electron chi connectivity index (χ2n) is 20.6. The molecule has 9 aromatic rings. The number of hydrogen-bond acceptors (Lipinski definition) is 0. The van der Waals surface area contributed by atoms with Gasteiger partial charge in [-0.05, 0) is 93.3 Å². The Morgan fingerprint density at radius 1 is 0.185 bits per heavy atom. The largest absolute Gasteiger partial charge is 0.140 e. The Hall–Kier alpha value is -4.36. The van der Waals surface area contributed by atoms with Gasteiger partial charge in [0.25, 0.3) is 0 Å². The Morgan fingerprint density at radius 2 is 0.492 bits per heavy atom. The van der Waals surface area contributed by atoms with Crippen LogP contribution in [-0.2, 0) is 0 Å². The van der Waals surface area contributed by atoms with Crippen molar-refractivity contribution in [1.82, 2.24) is 0 Å². The third-order valence-corrected chi connectivity index (χ3v) is 18.2. The van der Waals surface area contributed by atoms with Gasteiger partial charge in [-0.15, -0.1) is 49.2 Å².